The van der Waals surface area contributed by atoms with Gasteiger partial charge in [0.2, 0.25) is 0 Å². The summed E-state index contributed by atoms with van der Waals surface area (Å²) in [5, 5.41) is 9.91. The first-order valence-electron chi connectivity index (χ1n) is 3.55. The number of aliphatic hydroxyl groups is 1. The largest absolute Gasteiger partial charge is 0.386 e. The Kier molecular flexibility index (Phi) is 3.15. The lowest BCUT2D eigenvalue weighted by atomic mass is 10.9. The lowest BCUT2D eigenvalue weighted by molar-refractivity contribution is 0.263. The van der Waals surface area contributed by atoms with Gasteiger partial charge in [-0.3, -0.25) is 0 Å². The molecule has 0 aromatic carbocycles. The highest BCUT2D eigenvalue weighted by molar-refractivity contribution is 9.09. The van der Waals surface area contributed by atoms with Gasteiger partial charge in [-0.2, -0.15) is 0 Å². The summed E-state index contributed by atoms with van der Waals surface area (Å²) in [5.41, 5.74) is 0. The average Bonchev–Trinajstić information content (AvgIpc) is 2.68. The van der Waals surface area contributed by atoms with Crippen LogP contribution < -0.4 is 0 Å². The maximum absolute atomic E-state index is 11.9. The van der Waals surface area contributed by atoms with Crippen molar-refractivity contribution in [3.8, 4) is 0 Å². The molecular weight excluding hydrogens is 231 g/mol. The molecule has 1 aliphatic heterocycles. The Morgan fingerprint density at radius 1 is 1.91 bits per heavy atom. The molecular formula is C6H12BrO3P. The summed E-state index contributed by atoms with van der Waals surface area (Å²) in [6.07, 6.45) is 0.523. The molecule has 1 fully saturated rings. The minimum absolute atomic E-state index is 0.167. The van der Waals surface area contributed by atoms with Crippen molar-refractivity contribution in [2.45, 2.75) is 18.6 Å². The fourth-order valence-electron chi connectivity index (χ4n) is 0.999. The Hall–Kier alpha value is 0.630. The van der Waals surface area contributed by atoms with Gasteiger partial charge in [-0.25, -0.2) is 0 Å². The van der Waals surface area contributed by atoms with Crippen LogP contribution in [0.1, 0.15) is 6.92 Å². The lowest BCUT2D eigenvalue weighted by Gasteiger charge is -2.17. The molecule has 1 rings (SSSR count). The predicted molar refractivity (Wildman–Crippen MR) is 47.7 cm³/mol. The molecule has 0 spiro atoms. The van der Waals surface area contributed by atoms with E-state index < -0.39 is 13.0 Å². The molecule has 0 aromatic heterocycles. The fourth-order valence-corrected chi connectivity index (χ4v) is 4.66. The van der Waals surface area contributed by atoms with Gasteiger partial charge in [-0.15, -0.1) is 0 Å². The van der Waals surface area contributed by atoms with Crippen molar-refractivity contribution in [3.05, 3.63) is 0 Å². The standard InChI is InChI=1S/C6H12BrO3P/c1-5(8)11(9,3-2-7)6-4-10-6/h5-6,8H,2-4H2,1H3. The van der Waals surface area contributed by atoms with Crippen LogP contribution >= 0.6 is 23.1 Å². The number of ether oxygens (including phenoxy) is 1. The van der Waals surface area contributed by atoms with E-state index in [0.717, 1.165) is 0 Å². The number of alkyl halides is 1. The Morgan fingerprint density at radius 2 is 2.45 bits per heavy atom. The van der Waals surface area contributed by atoms with Crippen molar-refractivity contribution in [2.75, 3.05) is 18.1 Å². The summed E-state index contributed by atoms with van der Waals surface area (Å²) in [4.78, 5) is 0. The van der Waals surface area contributed by atoms with E-state index in [1.165, 1.54) is 0 Å². The van der Waals surface area contributed by atoms with Gasteiger partial charge < -0.3 is 14.4 Å². The van der Waals surface area contributed by atoms with Crippen LogP contribution in [0.4, 0.5) is 0 Å². The number of rotatable bonds is 4. The number of aliphatic hydroxyl groups excluding tert-OH is 1. The van der Waals surface area contributed by atoms with E-state index in [1.807, 2.05) is 0 Å². The third-order valence-corrected chi connectivity index (χ3v) is 6.34. The van der Waals surface area contributed by atoms with Gasteiger partial charge in [0.15, 0.2) is 0 Å². The molecule has 11 heavy (non-hydrogen) atoms. The van der Waals surface area contributed by atoms with E-state index in [9.17, 15) is 9.67 Å². The monoisotopic (exact) mass is 242 g/mol. The number of hydrogen-bond acceptors (Lipinski definition) is 3. The molecule has 0 amide bonds. The Morgan fingerprint density at radius 3 is 2.73 bits per heavy atom. The number of halogens is 1. The summed E-state index contributed by atoms with van der Waals surface area (Å²) in [6.45, 7) is 2.13. The second-order valence-corrected chi connectivity index (χ2v) is 6.96. The minimum atomic E-state index is -2.47. The molecule has 0 radical (unpaired) electrons. The summed E-state index contributed by atoms with van der Waals surface area (Å²) >= 11 is 3.21. The van der Waals surface area contributed by atoms with Crippen molar-refractivity contribution >= 4 is 23.1 Å². The van der Waals surface area contributed by atoms with Gasteiger partial charge in [-0.05, 0) is 6.92 Å². The highest BCUT2D eigenvalue weighted by Crippen LogP contribution is 2.59. The van der Waals surface area contributed by atoms with E-state index in [1.54, 1.807) is 6.92 Å². The Balaban J connectivity index is 2.61. The van der Waals surface area contributed by atoms with Crippen molar-refractivity contribution in [2.24, 2.45) is 0 Å². The van der Waals surface area contributed by atoms with Gasteiger partial charge in [0.25, 0.3) is 0 Å². The van der Waals surface area contributed by atoms with Gasteiger partial charge in [0, 0.05) is 11.5 Å². The zero-order valence-electron chi connectivity index (χ0n) is 6.36. The third-order valence-electron chi connectivity index (χ3n) is 1.87. The first-order chi connectivity index (χ1) is 5.11. The molecule has 3 unspecified atom stereocenters. The van der Waals surface area contributed by atoms with Crippen LogP contribution in [0, 0.1) is 0 Å². The predicted octanol–water partition coefficient (Wildman–Crippen LogP) is 1.44. The number of hydrogen-bond donors (Lipinski definition) is 1. The smallest absolute Gasteiger partial charge is 0.145 e. The second kappa shape index (κ2) is 3.56. The molecule has 0 aromatic rings. The van der Waals surface area contributed by atoms with E-state index in [2.05, 4.69) is 15.9 Å². The molecule has 1 heterocycles. The van der Waals surface area contributed by atoms with Crippen LogP contribution in [0.25, 0.3) is 0 Å². The Bertz CT molecular complexity index is 173. The van der Waals surface area contributed by atoms with Crippen LogP contribution in [-0.4, -0.2) is 34.9 Å². The van der Waals surface area contributed by atoms with Crippen molar-refractivity contribution in [1.82, 2.24) is 0 Å². The molecule has 0 saturated carbocycles. The topological polar surface area (TPSA) is 49.8 Å². The second-order valence-electron chi connectivity index (χ2n) is 2.69. The quantitative estimate of drug-likeness (QED) is 0.461. The van der Waals surface area contributed by atoms with E-state index in [-0.39, 0.29) is 5.85 Å². The van der Waals surface area contributed by atoms with E-state index >= 15 is 0 Å². The molecule has 5 heteroatoms. The van der Waals surface area contributed by atoms with Crippen LogP contribution in [0.2, 0.25) is 0 Å². The van der Waals surface area contributed by atoms with Gasteiger partial charge >= 0.3 is 0 Å². The van der Waals surface area contributed by atoms with Crippen LogP contribution in [-0.2, 0) is 9.30 Å². The Labute approximate surface area is 74.6 Å². The summed E-state index contributed by atoms with van der Waals surface area (Å²) in [7, 11) is -2.47. The maximum Gasteiger partial charge on any atom is 0.145 e. The third kappa shape index (κ3) is 2.05. The first kappa shape index (κ1) is 9.72. The number of epoxide rings is 1. The molecule has 66 valence electrons. The zero-order chi connectivity index (χ0) is 8.48. The van der Waals surface area contributed by atoms with Crippen LogP contribution in [0.15, 0.2) is 0 Å². The van der Waals surface area contributed by atoms with Gasteiger partial charge in [-0.1, -0.05) is 15.9 Å². The molecule has 1 aliphatic rings. The van der Waals surface area contributed by atoms with E-state index in [4.69, 9.17) is 4.74 Å². The summed E-state index contributed by atoms with van der Waals surface area (Å²) < 4.78 is 16.8. The van der Waals surface area contributed by atoms with E-state index in [0.29, 0.717) is 18.1 Å². The van der Waals surface area contributed by atoms with Gasteiger partial charge in [0.05, 0.1) is 6.61 Å². The van der Waals surface area contributed by atoms with Crippen molar-refractivity contribution in [3.63, 3.8) is 0 Å². The van der Waals surface area contributed by atoms with Crippen LogP contribution in [0.3, 0.4) is 0 Å². The summed E-state index contributed by atoms with van der Waals surface area (Å²) in [5.74, 6) is -0.896. The summed E-state index contributed by atoms with van der Waals surface area (Å²) in [6, 6.07) is 0. The maximum atomic E-state index is 11.9. The molecule has 0 aliphatic carbocycles. The average molecular weight is 243 g/mol. The SMILES string of the molecule is CC(O)P(=O)(CCBr)C1CO1. The fraction of sp³-hybridized carbons (Fsp3) is 1.00. The molecule has 3 atom stereocenters. The molecule has 1 N–H and O–H groups in total. The highest BCUT2D eigenvalue weighted by atomic mass is 79.9. The normalized spacial score (nSPS) is 31.0. The van der Waals surface area contributed by atoms with Gasteiger partial charge in [0.1, 0.15) is 18.8 Å². The van der Waals surface area contributed by atoms with Crippen LogP contribution in [0.5, 0.6) is 0 Å². The molecule has 3 nitrogen and oxygen atoms in total. The minimum Gasteiger partial charge on any atom is -0.386 e. The highest BCUT2D eigenvalue weighted by Gasteiger charge is 2.45. The molecule has 1 saturated heterocycles. The zero-order valence-corrected chi connectivity index (χ0v) is 8.85. The van der Waals surface area contributed by atoms with Crippen molar-refractivity contribution < 1.29 is 14.4 Å². The van der Waals surface area contributed by atoms with Crippen molar-refractivity contribution in [1.29, 1.82) is 0 Å². The lowest BCUT2D eigenvalue weighted by Crippen LogP contribution is -2.10. The molecule has 0 bridgehead atoms. The first-order valence-corrected chi connectivity index (χ1v) is 6.70.